The van der Waals surface area contributed by atoms with Crippen LogP contribution >= 0.6 is 0 Å². The van der Waals surface area contributed by atoms with Gasteiger partial charge in [0.1, 0.15) is 0 Å². The monoisotopic (exact) mass is 232 g/mol. The summed E-state index contributed by atoms with van der Waals surface area (Å²) in [4.78, 5) is 2.39. The molecule has 17 heavy (non-hydrogen) atoms. The summed E-state index contributed by atoms with van der Waals surface area (Å²) in [6.07, 6.45) is 2.11. The van der Waals surface area contributed by atoms with Crippen LogP contribution in [0.15, 0.2) is 24.3 Å². The van der Waals surface area contributed by atoms with Gasteiger partial charge in [-0.3, -0.25) is 0 Å². The molecule has 3 rings (SSSR count). The minimum atomic E-state index is -0.252. The third kappa shape index (κ3) is 2.45. The first-order valence-corrected chi connectivity index (χ1v) is 6.58. The van der Waals surface area contributed by atoms with Crippen molar-refractivity contribution in [2.75, 3.05) is 31.1 Å². The highest BCUT2D eigenvalue weighted by molar-refractivity contribution is 5.49. The molecule has 1 saturated carbocycles. The second-order valence-corrected chi connectivity index (χ2v) is 5.11. The Hall–Kier alpha value is -1.06. The lowest BCUT2D eigenvalue weighted by molar-refractivity contribution is 0.154. The minimum Gasteiger partial charge on any atom is -0.388 e. The molecule has 3 nitrogen and oxygen atoms in total. The maximum Gasteiger partial charge on any atom is 0.0818 e. The highest BCUT2D eigenvalue weighted by atomic mass is 16.3. The SMILES string of the molecule is OC(c1cccc(N2CCNCC2)c1)C1CC1. The number of aliphatic hydroxyl groups is 1. The fourth-order valence-corrected chi connectivity index (χ4v) is 2.51. The third-order valence-electron chi connectivity index (χ3n) is 3.76. The molecule has 1 aromatic rings. The maximum absolute atomic E-state index is 10.2. The molecule has 0 aromatic heterocycles. The van der Waals surface area contributed by atoms with Crippen molar-refractivity contribution >= 4 is 5.69 Å². The Bertz CT molecular complexity index is 384. The van der Waals surface area contributed by atoms with E-state index in [1.165, 1.54) is 18.5 Å². The van der Waals surface area contributed by atoms with Crippen LogP contribution in [0.5, 0.6) is 0 Å². The number of rotatable bonds is 3. The zero-order chi connectivity index (χ0) is 11.7. The van der Waals surface area contributed by atoms with Crippen molar-refractivity contribution in [2.24, 2.45) is 5.92 Å². The van der Waals surface area contributed by atoms with Crippen molar-refractivity contribution in [3.63, 3.8) is 0 Å². The zero-order valence-corrected chi connectivity index (χ0v) is 10.1. The average molecular weight is 232 g/mol. The van der Waals surface area contributed by atoms with E-state index in [4.69, 9.17) is 0 Å². The van der Waals surface area contributed by atoms with E-state index in [9.17, 15) is 5.11 Å². The number of nitrogens with one attached hydrogen (secondary N) is 1. The number of nitrogens with zero attached hydrogens (tertiary/aromatic N) is 1. The summed E-state index contributed by atoms with van der Waals surface area (Å²) in [7, 11) is 0. The second-order valence-electron chi connectivity index (χ2n) is 5.11. The molecule has 1 aromatic carbocycles. The first-order valence-electron chi connectivity index (χ1n) is 6.58. The summed E-state index contributed by atoms with van der Waals surface area (Å²) in [5, 5.41) is 13.5. The molecule has 1 heterocycles. The number of hydrogen-bond acceptors (Lipinski definition) is 3. The van der Waals surface area contributed by atoms with Crippen molar-refractivity contribution in [1.29, 1.82) is 0 Å². The van der Waals surface area contributed by atoms with E-state index in [0.717, 1.165) is 31.7 Å². The molecule has 1 saturated heterocycles. The maximum atomic E-state index is 10.2. The van der Waals surface area contributed by atoms with E-state index >= 15 is 0 Å². The Morgan fingerprint density at radius 2 is 2.00 bits per heavy atom. The molecule has 1 aliphatic heterocycles. The molecule has 1 atom stereocenters. The van der Waals surface area contributed by atoms with Crippen LogP contribution in [-0.2, 0) is 0 Å². The Kier molecular flexibility index (Phi) is 3.04. The minimum absolute atomic E-state index is 0.252. The number of piperazine rings is 1. The molecule has 2 fully saturated rings. The molecule has 0 amide bonds. The number of hydrogen-bond donors (Lipinski definition) is 2. The van der Waals surface area contributed by atoms with Crippen LogP contribution < -0.4 is 10.2 Å². The predicted molar refractivity (Wildman–Crippen MR) is 69.2 cm³/mol. The highest BCUT2D eigenvalue weighted by Gasteiger charge is 2.30. The van der Waals surface area contributed by atoms with Crippen molar-refractivity contribution in [3.05, 3.63) is 29.8 Å². The van der Waals surface area contributed by atoms with Gasteiger partial charge in [0.05, 0.1) is 6.10 Å². The summed E-state index contributed by atoms with van der Waals surface area (Å²) in [6, 6.07) is 8.43. The highest BCUT2D eigenvalue weighted by Crippen LogP contribution is 2.41. The van der Waals surface area contributed by atoms with Gasteiger partial charge in [0.2, 0.25) is 0 Å². The molecule has 0 spiro atoms. The Morgan fingerprint density at radius 1 is 1.24 bits per heavy atom. The van der Waals surface area contributed by atoms with Gasteiger partial charge < -0.3 is 15.3 Å². The van der Waals surface area contributed by atoms with Gasteiger partial charge in [0.25, 0.3) is 0 Å². The van der Waals surface area contributed by atoms with Crippen molar-refractivity contribution in [2.45, 2.75) is 18.9 Å². The van der Waals surface area contributed by atoms with E-state index < -0.39 is 0 Å². The van der Waals surface area contributed by atoms with Gasteiger partial charge in [-0.15, -0.1) is 0 Å². The summed E-state index contributed by atoms with van der Waals surface area (Å²) in [5.41, 5.74) is 2.34. The van der Waals surface area contributed by atoms with Crippen LogP contribution in [0, 0.1) is 5.92 Å². The van der Waals surface area contributed by atoms with Crippen LogP contribution in [0.1, 0.15) is 24.5 Å². The Labute approximate surface area is 102 Å². The second kappa shape index (κ2) is 4.67. The molecule has 1 unspecified atom stereocenters. The molecule has 2 N–H and O–H groups in total. The molecule has 3 heteroatoms. The largest absolute Gasteiger partial charge is 0.388 e. The van der Waals surface area contributed by atoms with Gasteiger partial charge in [-0.25, -0.2) is 0 Å². The zero-order valence-electron chi connectivity index (χ0n) is 10.1. The Morgan fingerprint density at radius 3 is 2.71 bits per heavy atom. The molecule has 2 aliphatic rings. The Balaban J connectivity index is 1.77. The fourth-order valence-electron chi connectivity index (χ4n) is 2.51. The standard InChI is InChI=1S/C14H20N2O/c17-14(11-4-5-11)12-2-1-3-13(10-12)16-8-6-15-7-9-16/h1-3,10-11,14-15,17H,4-9H2. The van der Waals surface area contributed by atoms with Gasteiger partial charge in [-0.1, -0.05) is 12.1 Å². The topological polar surface area (TPSA) is 35.5 Å². The van der Waals surface area contributed by atoms with E-state index in [-0.39, 0.29) is 6.10 Å². The van der Waals surface area contributed by atoms with E-state index in [2.05, 4.69) is 34.5 Å². The quantitative estimate of drug-likeness (QED) is 0.830. The fraction of sp³-hybridized carbons (Fsp3) is 0.571. The molecular formula is C14H20N2O. The van der Waals surface area contributed by atoms with Crippen LogP contribution in [0.2, 0.25) is 0 Å². The lowest BCUT2D eigenvalue weighted by Crippen LogP contribution is -2.43. The van der Waals surface area contributed by atoms with Crippen LogP contribution in [0.4, 0.5) is 5.69 Å². The number of aliphatic hydroxyl groups excluding tert-OH is 1. The lowest BCUT2D eigenvalue weighted by Gasteiger charge is -2.30. The molecule has 0 bridgehead atoms. The van der Waals surface area contributed by atoms with Gasteiger partial charge in [0, 0.05) is 31.9 Å². The first-order chi connectivity index (χ1) is 8.34. The van der Waals surface area contributed by atoms with E-state index in [1.807, 2.05) is 0 Å². The van der Waals surface area contributed by atoms with Crippen molar-refractivity contribution in [1.82, 2.24) is 5.32 Å². The summed E-state index contributed by atoms with van der Waals surface area (Å²) in [6.45, 7) is 4.22. The van der Waals surface area contributed by atoms with Gasteiger partial charge in [-0.05, 0) is 36.5 Å². The van der Waals surface area contributed by atoms with E-state index in [0.29, 0.717) is 5.92 Å². The predicted octanol–water partition coefficient (Wildman–Crippen LogP) is 1.54. The molecular weight excluding hydrogens is 212 g/mol. The van der Waals surface area contributed by atoms with Crippen molar-refractivity contribution < 1.29 is 5.11 Å². The van der Waals surface area contributed by atoms with Crippen LogP contribution in [-0.4, -0.2) is 31.3 Å². The smallest absolute Gasteiger partial charge is 0.0818 e. The number of benzene rings is 1. The third-order valence-corrected chi connectivity index (χ3v) is 3.76. The van der Waals surface area contributed by atoms with Crippen molar-refractivity contribution in [3.8, 4) is 0 Å². The van der Waals surface area contributed by atoms with E-state index in [1.54, 1.807) is 0 Å². The van der Waals surface area contributed by atoms with Gasteiger partial charge in [-0.2, -0.15) is 0 Å². The average Bonchev–Trinajstić information content (AvgIpc) is 3.23. The van der Waals surface area contributed by atoms with Crippen LogP contribution in [0.3, 0.4) is 0 Å². The molecule has 0 radical (unpaired) electrons. The van der Waals surface area contributed by atoms with Crippen LogP contribution in [0.25, 0.3) is 0 Å². The van der Waals surface area contributed by atoms with Gasteiger partial charge >= 0.3 is 0 Å². The van der Waals surface area contributed by atoms with Gasteiger partial charge in [0.15, 0.2) is 0 Å². The summed E-state index contributed by atoms with van der Waals surface area (Å²) >= 11 is 0. The normalized spacial score (nSPS) is 22.5. The molecule has 92 valence electrons. The lowest BCUT2D eigenvalue weighted by atomic mass is 10.0. The summed E-state index contributed by atoms with van der Waals surface area (Å²) in [5.74, 6) is 0.508. The summed E-state index contributed by atoms with van der Waals surface area (Å²) < 4.78 is 0. The first kappa shape index (κ1) is 11.1. The molecule has 1 aliphatic carbocycles. The number of anilines is 1.